The highest BCUT2D eigenvalue weighted by molar-refractivity contribution is 7.22. The minimum Gasteiger partial charge on any atom is -0.460 e. The monoisotopic (exact) mass is 410 g/mol. The first-order valence-corrected chi connectivity index (χ1v) is 10.8. The lowest BCUT2D eigenvalue weighted by molar-refractivity contribution is -0.151. The van der Waals surface area contributed by atoms with Crippen molar-refractivity contribution in [2.75, 3.05) is 13.1 Å². The van der Waals surface area contributed by atoms with Gasteiger partial charge in [-0.3, -0.25) is 4.79 Å². The molecule has 6 nitrogen and oxygen atoms in total. The number of carbonyl (C=O) groups is 1. The molecule has 2 fully saturated rings. The number of nitrogens with zero attached hydrogens (tertiary/aromatic N) is 1. The minimum atomic E-state index is -0.328. The Hall–Kier alpha value is -0.955. The van der Waals surface area contributed by atoms with E-state index < -0.39 is 0 Å². The Balaban J connectivity index is 0.000000300. The van der Waals surface area contributed by atoms with Crippen LogP contribution in [0.4, 0.5) is 0 Å². The molecule has 0 bridgehead atoms. The zero-order chi connectivity index (χ0) is 21.2. The molecule has 28 heavy (non-hydrogen) atoms. The van der Waals surface area contributed by atoms with Crippen LogP contribution in [0.5, 0.6) is 0 Å². The van der Waals surface area contributed by atoms with Crippen molar-refractivity contribution in [1.29, 1.82) is 0 Å². The molecule has 1 N–H and O–H groups in total. The van der Waals surface area contributed by atoms with Gasteiger partial charge in [0.15, 0.2) is 0 Å². The van der Waals surface area contributed by atoms with Gasteiger partial charge in [0, 0.05) is 19.0 Å². The fourth-order valence-electron chi connectivity index (χ4n) is 3.06. The molecule has 1 aromatic heterocycles. The SMILES string of the molecule is CC(=O)OC(C)(C)C.CC1(C)OB(c2cnc(C3CCNCC3)s2)OC1(C)C. The van der Waals surface area contributed by atoms with Crippen LogP contribution in [0.25, 0.3) is 0 Å². The molecule has 0 radical (unpaired) electrons. The summed E-state index contributed by atoms with van der Waals surface area (Å²) in [6.07, 6.45) is 4.29. The average Bonchev–Trinajstić information content (AvgIpc) is 3.10. The van der Waals surface area contributed by atoms with Gasteiger partial charge in [-0.1, -0.05) is 0 Å². The smallest absolute Gasteiger partial charge is 0.460 e. The lowest BCUT2D eigenvalue weighted by Crippen LogP contribution is -2.41. The highest BCUT2D eigenvalue weighted by Crippen LogP contribution is 2.37. The van der Waals surface area contributed by atoms with Crippen LogP contribution in [0, 0.1) is 0 Å². The number of esters is 1. The third-order valence-electron chi connectivity index (χ3n) is 5.17. The Morgan fingerprint density at radius 2 is 1.75 bits per heavy atom. The van der Waals surface area contributed by atoms with E-state index in [0.29, 0.717) is 5.92 Å². The van der Waals surface area contributed by atoms with Crippen molar-refractivity contribution in [1.82, 2.24) is 10.3 Å². The topological polar surface area (TPSA) is 69.7 Å². The second-order valence-electron chi connectivity index (χ2n) is 9.42. The summed E-state index contributed by atoms with van der Waals surface area (Å²) in [5, 5.41) is 4.63. The Morgan fingerprint density at radius 1 is 1.21 bits per heavy atom. The third kappa shape index (κ3) is 6.27. The van der Waals surface area contributed by atoms with Crippen LogP contribution in [0.1, 0.15) is 79.2 Å². The van der Waals surface area contributed by atoms with E-state index in [1.165, 1.54) is 24.8 Å². The molecular weight excluding hydrogens is 375 g/mol. The molecule has 3 heterocycles. The maximum absolute atomic E-state index is 10.2. The molecule has 2 aliphatic heterocycles. The molecule has 0 spiro atoms. The predicted octanol–water partition coefficient (Wildman–Crippen LogP) is 3.26. The van der Waals surface area contributed by atoms with E-state index in [-0.39, 0.29) is 29.9 Å². The number of thiazole rings is 1. The van der Waals surface area contributed by atoms with Crippen LogP contribution < -0.4 is 10.1 Å². The number of aromatic nitrogens is 1. The van der Waals surface area contributed by atoms with Crippen LogP contribution in [0.15, 0.2) is 6.20 Å². The van der Waals surface area contributed by atoms with E-state index >= 15 is 0 Å². The molecule has 158 valence electrons. The molecule has 0 unspecified atom stereocenters. The summed E-state index contributed by atoms with van der Waals surface area (Å²) in [4.78, 5) is 14.8. The van der Waals surface area contributed by atoms with Gasteiger partial charge in [-0.15, -0.1) is 11.3 Å². The molecule has 3 rings (SSSR count). The zero-order valence-corrected chi connectivity index (χ0v) is 19.4. The Kier molecular flexibility index (Phi) is 7.34. The molecule has 2 saturated heterocycles. The molecule has 0 aliphatic carbocycles. The number of hydrogen-bond acceptors (Lipinski definition) is 7. The fraction of sp³-hybridized carbons (Fsp3) is 0.800. The summed E-state index contributed by atoms with van der Waals surface area (Å²) in [5.74, 6) is 0.370. The second kappa shape index (κ2) is 8.82. The maximum atomic E-state index is 10.2. The van der Waals surface area contributed by atoms with Crippen LogP contribution in [-0.4, -0.2) is 48.0 Å². The molecular formula is C20H35BN2O4S. The number of hydrogen-bond donors (Lipinski definition) is 1. The molecule has 0 saturated carbocycles. The van der Waals surface area contributed by atoms with Crippen molar-refractivity contribution < 1.29 is 18.8 Å². The van der Waals surface area contributed by atoms with Crippen molar-refractivity contribution >= 4 is 29.2 Å². The molecule has 1 aromatic rings. The van der Waals surface area contributed by atoms with Gasteiger partial charge in [0.2, 0.25) is 0 Å². The normalized spacial score (nSPS) is 21.8. The van der Waals surface area contributed by atoms with Gasteiger partial charge >= 0.3 is 13.1 Å². The van der Waals surface area contributed by atoms with Gasteiger partial charge in [-0.2, -0.15) is 0 Å². The summed E-state index contributed by atoms with van der Waals surface area (Å²) >= 11 is 1.75. The van der Waals surface area contributed by atoms with E-state index in [4.69, 9.17) is 14.0 Å². The van der Waals surface area contributed by atoms with Crippen LogP contribution in [-0.2, 0) is 18.8 Å². The van der Waals surface area contributed by atoms with Gasteiger partial charge < -0.3 is 19.4 Å². The zero-order valence-electron chi connectivity index (χ0n) is 18.5. The maximum Gasteiger partial charge on any atom is 0.507 e. The quantitative estimate of drug-likeness (QED) is 0.596. The standard InChI is InChI=1S/C14H23BN2O2S.C6H12O2/c1-13(2)14(3,4)19-15(18-13)11-9-17-12(20-11)10-5-7-16-8-6-10;1-5(7)8-6(2,3)4/h9-10,16H,5-8H2,1-4H3;1-4H3. The third-order valence-corrected chi connectivity index (χ3v) is 6.35. The van der Waals surface area contributed by atoms with Crippen molar-refractivity contribution in [2.45, 2.75) is 91.0 Å². The highest BCUT2D eigenvalue weighted by Gasteiger charge is 2.52. The summed E-state index contributed by atoms with van der Waals surface area (Å²) < 4.78 is 18.1. The lowest BCUT2D eigenvalue weighted by Gasteiger charge is -2.32. The van der Waals surface area contributed by atoms with Gasteiger partial charge in [0.1, 0.15) is 5.60 Å². The number of rotatable bonds is 2. The van der Waals surface area contributed by atoms with Crippen LogP contribution >= 0.6 is 11.3 Å². The predicted molar refractivity (Wildman–Crippen MR) is 114 cm³/mol. The number of piperidine rings is 1. The Bertz CT molecular complexity index is 647. The number of nitrogens with one attached hydrogen (secondary N) is 1. The lowest BCUT2D eigenvalue weighted by atomic mass is 9.89. The summed E-state index contributed by atoms with van der Waals surface area (Å²) in [5.41, 5.74) is -0.890. The van der Waals surface area contributed by atoms with Gasteiger partial charge in [-0.05, 0) is 74.4 Å². The number of carbonyl (C=O) groups excluding carboxylic acids is 1. The van der Waals surface area contributed by atoms with E-state index in [1.54, 1.807) is 11.3 Å². The van der Waals surface area contributed by atoms with Crippen molar-refractivity contribution in [3.8, 4) is 0 Å². The van der Waals surface area contributed by atoms with E-state index in [0.717, 1.165) is 17.9 Å². The largest absolute Gasteiger partial charge is 0.507 e. The van der Waals surface area contributed by atoms with E-state index in [2.05, 4.69) is 38.0 Å². The Morgan fingerprint density at radius 3 is 2.18 bits per heavy atom. The van der Waals surface area contributed by atoms with Crippen LogP contribution in [0.3, 0.4) is 0 Å². The summed E-state index contributed by atoms with van der Waals surface area (Å²) in [7, 11) is -0.270. The van der Waals surface area contributed by atoms with E-state index in [1.807, 2.05) is 27.0 Å². The Labute approximate surface area is 173 Å². The summed E-state index contributed by atoms with van der Waals surface area (Å²) in [6, 6.07) is 0. The van der Waals surface area contributed by atoms with Crippen LogP contribution in [0.2, 0.25) is 0 Å². The van der Waals surface area contributed by atoms with Crippen molar-refractivity contribution in [3.63, 3.8) is 0 Å². The van der Waals surface area contributed by atoms with Gasteiger partial charge in [0.05, 0.1) is 21.0 Å². The van der Waals surface area contributed by atoms with E-state index in [9.17, 15) is 4.79 Å². The highest BCUT2D eigenvalue weighted by atomic mass is 32.1. The minimum absolute atomic E-state index is 0.225. The number of ether oxygens (including phenoxy) is 1. The molecule has 0 amide bonds. The molecule has 8 heteroatoms. The van der Waals surface area contributed by atoms with Gasteiger partial charge in [-0.25, -0.2) is 4.98 Å². The van der Waals surface area contributed by atoms with Crippen molar-refractivity contribution in [2.24, 2.45) is 0 Å². The molecule has 2 aliphatic rings. The second-order valence-corrected chi connectivity index (χ2v) is 10.5. The molecule has 0 atom stereocenters. The fourth-order valence-corrected chi connectivity index (χ4v) is 4.10. The van der Waals surface area contributed by atoms with Crippen molar-refractivity contribution in [3.05, 3.63) is 11.2 Å². The molecule has 0 aromatic carbocycles. The summed E-state index contributed by atoms with van der Waals surface area (Å²) in [6.45, 7) is 17.5. The first-order chi connectivity index (χ1) is 12.8. The van der Waals surface area contributed by atoms with Gasteiger partial charge in [0.25, 0.3) is 0 Å². The first-order valence-electron chi connectivity index (χ1n) is 10.0. The average molecular weight is 410 g/mol. The first kappa shape index (κ1) is 23.3.